The number of carbonyl (C=O) groups is 2. The van der Waals surface area contributed by atoms with E-state index < -0.39 is 16.1 Å². The summed E-state index contributed by atoms with van der Waals surface area (Å²) in [7, 11) is -3.54. The first-order valence-electron chi connectivity index (χ1n) is 15.4. The summed E-state index contributed by atoms with van der Waals surface area (Å²) < 4.78 is 33.2. The predicted octanol–water partition coefficient (Wildman–Crippen LogP) is 3.15. The van der Waals surface area contributed by atoms with Crippen LogP contribution in [-0.2, 0) is 43.7 Å². The molecule has 3 aromatic carbocycles. The standard InChI is InChI=1S/C34H42N4O5S/c39-33(18-13-27-11-16-31(17-12-27)44(41,42)36-30-14-15-30)38(26-29-9-5-2-6-10-29)32(25-28-7-3-1-4-8-28)34(40)35-19-20-37-21-23-43-24-22-37/h1-12,16-17,30,32,36H,13-15,18-26H2,(H,35,40)/t32-/m1/s1. The lowest BCUT2D eigenvalue weighted by Crippen LogP contribution is -2.52. The van der Waals surface area contributed by atoms with Gasteiger partial charge in [0, 0.05) is 51.6 Å². The van der Waals surface area contributed by atoms with E-state index in [9.17, 15) is 18.0 Å². The molecule has 0 aromatic heterocycles. The fourth-order valence-corrected chi connectivity index (χ4v) is 6.64. The number of carbonyl (C=O) groups excluding carboxylic acids is 2. The van der Waals surface area contributed by atoms with Gasteiger partial charge in [-0.1, -0.05) is 72.8 Å². The molecule has 1 atom stereocenters. The van der Waals surface area contributed by atoms with Gasteiger partial charge in [0.15, 0.2) is 0 Å². The minimum atomic E-state index is -3.54. The maximum Gasteiger partial charge on any atom is 0.243 e. The van der Waals surface area contributed by atoms with Crippen molar-refractivity contribution in [1.29, 1.82) is 0 Å². The van der Waals surface area contributed by atoms with E-state index in [1.165, 1.54) is 0 Å². The third-order valence-corrected chi connectivity index (χ3v) is 9.59. The first kappa shape index (κ1) is 31.8. The SMILES string of the molecule is O=C(NCCN1CCOCC1)[C@@H](Cc1ccccc1)N(Cc1ccccc1)C(=O)CCc1ccc(S(=O)(=O)NC2CC2)cc1. The molecular formula is C34H42N4O5S. The van der Waals surface area contributed by atoms with Crippen LogP contribution in [0.2, 0.25) is 0 Å². The molecule has 1 aliphatic carbocycles. The lowest BCUT2D eigenvalue weighted by atomic mass is 10.0. The van der Waals surface area contributed by atoms with Gasteiger partial charge in [-0.3, -0.25) is 14.5 Å². The normalized spacial score (nSPS) is 16.3. The predicted molar refractivity (Wildman–Crippen MR) is 169 cm³/mol. The summed E-state index contributed by atoms with van der Waals surface area (Å²) in [5.74, 6) is -0.311. The van der Waals surface area contributed by atoms with Crippen LogP contribution in [0.1, 0.15) is 36.0 Å². The lowest BCUT2D eigenvalue weighted by Gasteiger charge is -2.32. The van der Waals surface area contributed by atoms with Crippen molar-refractivity contribution in [3.8, 4) is 0 Å². The highest BCUT2D eigenvalue weighted by Gasteiger charge is 2.31. The van der Waals surface area contributed by atoms with E-state index >= 15 is 0 Å². The Kier molecular flexibility index (Phi) is 11.2. The number of hydrogen-bond donors (Lipinski definition) is 2. The summed E-state index contributed by atoms with van der Waals surface area (Å²) >= 11 is 0. The summed E-state index contributed by atoms with van der Waals surface area (Å²) in [5.41, 5.74) is 2.78. The van der Waals surface area contributed by atoms with Gasteiger partial charge in [0.05, 0.1) is 18.1 Å². The zero-order valence-electron chi connectivity index (χ0n) is 25.1. The summed E-state index contributed by atoms with van der Waals surface area (Å²) in [4.78, 5) is 31.9. The van der Waals surface area contributed by atoms with Crippen molar-refractivity contribution >= 4 is 21.8 Å². The van der Waals surface area contributed by atoms with Crippen LogP contribution in [0.15, 0.2) is 89.8 Å². The van der Waals surface area contributed by atoms with Crippen LogP contribution in [0.25, 0.3) is 0 Å². The van der Waals surface area contributed by atoms with Gasteiger partial charge in [0.1, 0.15) is 6.04 Å². The molecule has 0 spiro atoms. The molecule has 44 heavy (non-hydrogen) atoms. The number of rotatable bonds is 15. The summed E-state index contributed by atoms with van der Waals surface area (Å²) in [5, 5.41) is 3.11. The van der Waals surface area contributed by atoms with Gasteiger partial charge < -0.3 is 15.0 Å². The Bertz CT molecular complexity index is 1460. The Morgan fingerprint density at radius 2 is 1.50 bits per heavy atom. The van der Waals surface area contributed by atoms with E-state index in [4.69, 9.17) is 4.74 Å². The highest BCUT2D eigenvalue weighted by Crippen LogP contribution is 2.23. The Morgan fingerprint density at radius 3 is 2.14 bits per heavy atom. The molecule has 2 amide bonds. The molecule has 1 saturated carbocycles. The zero-order chi connectivity index (χ0) is 30.8. The van der Waals surface area contributed by atoms with Crippen LogP contribution in [-0.4, -0.2) is 81.5 Å². The van der Waals surface area contributed by atoms with Crippen molar-refractivity contribution in [2.45, 2.75) is 55.6 Å². The molecule has 234 valence electrons. The van der Waals surface area contributed by atoms with Crippen molar-refractivity contribution in [2.24, 2.45) is 0 Å². The molecule has 0 bridgehead atoms. The second kappa shape index (κ2) is 15.4. The zero-order valence-corrected chi connectivity index (χ0v) is 25.9. The molecule has 1 aliphatic heterocycles. The molecule has 2 fully saturated rings. The van der Waals surface area contributed by atoms with E-state index in [1.807, 2.05) is 60.7 Å². The fraction of sp³-hybridized carbons (Fsp3) is 0.412. The maximum absolute atomic E-state index is 14.0. The number of nitrogens with zero attached hydrogens (tertiary/aromatic N) is 2. The number of nitrogens with one attached hydrogen (secondary N) is 2. The van der Waals surface area contributed by atoms with Crippen LogP contribution in [0.3, 0.4) is 0 Å². The highest BCUT2D eigenvalue weighted by atomic mass is 32.2. The summed E-state index contributed by atoms with van der Waals surface area (Å²) in [6, 6.07) is 25.5. The van der Waals surface area contributed by atoms with E-state index in [2.05, 4.69) is 14.9 Å². The van der Waals surface area contributed by atoms with Crippen LogP contribution in [0.4, 0.5) is 0 Å². The van der Waals surface area contributed by atoms with Crippen LogP contribution >= 0.6 is 0 Å². The van der Waals surface area contributed by atoms with E-state index in [1.54, 1.807) is 29.2 Å². The van der Waals surface area contributed by atoms with Gasteiger partial charge in [-0.05, 0) is 48.1 Å². The average molecular weight is 619 g/mol. The molecule has 1 heterocycles. The van der Waals surface area contributed by atoms with Gasteiger partial charge in [-0.15, -0.1) is 0 Å². The number of aryl methyl sites for hydroxylation is 1. The fourth-order valence-electron chi connectivity index (χ4n) is 5.33. The van der Waals surface area contributed by atoms with Crippen LogP contribution < -0.4 is 10.0 Å². The number of morpholine rings is 1. The van der Waals surface area contributed by atoms with Gasteiger partial charge in [-0.25, -0.2) is 13.1 Å². The monoisotopic (exact) mass is 618 g/mol. The molecule has 9 nitrogen and oxygen atoms in total. The number of sulfonamides is 1. The molecule has 2 N–H and O–H groups in total. The summed E-state index contributed by atoms with van der Waals surface area (Å²) in [6.45, 7) is 4.58. The smallest absolute Gasteiger partial charge is 0.243 e. The third-order valence-electron chi connectivity index (χ3n) is 8.06. The minimum Gasteiger partial charge on any atom is -0.379 e. The van der Waals surface area contributed by atoms with E-state index in [0.29, 0.717) is 39.1 Å². The molecule has 10 heteroatoms. The number of ether oxygens (including phenoxy) is 1. The van der Waals surface area contributed by atoms with Crippen molar-refractivity contribution in [1.82, 2.24) is 19.8 Å². The van der Waals surface area contributed by atoms with Gasteiger partial charge in [-0.2, -0.15) is 0 Å². The van der Waals surface area contributed by atoms with Crippen molar-refractivity contribution in [2.75, 3.05) is 39.4 Å². The molecule has 5 rings (SSSR count). The molecule has 0 unspecified atom stereocenters. The van der Waals surface area contributed by atoms with E-state index in [0.717, 1.165) is 49.2 Å². The van der Waals surface area contributed by atoms with Crippen LogP contribution in [0.5, 0.6) is 0 Å². The Labute approximate surface area is 260 Å². The van der Waals surface area contributed by atoms with Crippen LogP contribution in [0, 0.1) is 0 Å². The van der Waals surface area contributed by atoms with Gasteiger partial charge in [0.2, 0.25) is 21.8 Å². The molecule has 3 aromatic rings. The highest BCUT2D eigenvalue weighted by molar-refractivity contribution is 7.89. The number of hydrogen-bond acceptors (Lipinski definition) is 6. The second-order valence-corrected chi connectivity index (χ2v) is 13.2. The van der Waals surface area contributed by atoms with Gasteiger partial charge in [0.25, 0.3) is 0 Å². The Morgan fingerprint density at radius 1 is 0.864 bits per heavy atom. The number of benzene rings is 3. The van der Waals surface area contributed by atoms with Crippen molar-refractivity contribution < 1.29 is 22.7 Å². The first-order chi connectivity index (χ1) is 21.4. The second-order valence-electron chi connectivity index (χ2n) is 11.5. The largest absolute Gasteiger partial charge is 0.379 e. The Hall–Kier alpha value is -3.57. The molecule has 0 radical (unpaired) electrons. The number of amides is 2. The molecular weight excluding hydrogens is 576 g/mol. The Balaban J connectivity index is 1.30. The molecule has 1 saturated heterocycles. The first-order valence-corrected chi connectivity index (χ1v) is 16.9. The summed E-state index contributed by atoms with van der Waals surface area (Å²) in [6.07, 6.45) is 2.75. The maximum atomic E-state index is 14.0. The average Bonchev–Trinajstić information content (AvgIpc) is 3.86. The van der Waals surface area contributed by atoms with Crippen molar-refractivity contribution in [3.63, 3.8) is 0 Å². The van der Waals surface area contributed by atoms with Gasteiger partial charge >= 0.3 is 0 Å². The van der Waals surface area contributed by atoms with E-state index in [-0.39, 0.29) is 29.2 Å². The molecule has 2 aliphatic rings. The topological polar surface area (TPSA) is 108 Å². The lowest BCUT2D eigenvalue weighted by molar-refractivity contribution is -0.141. The van der Waals surface area contributed by atoms with Crippen molar-refractivity contribution in [3.05, 3.63) is 102 Å². The third kappa shape index (κ3) is 9.46. The quantitative estimate of drug-likeness (QED) is 0.271. The minimum absolute atomic E-state index is 0.0355.